The van der Waals surface area contributed by atoms with Crippen LogP contribution in [0.25, 0.3) is 16.7 Å². The summed E-state index contributed by atoms with van der Waals surface area (Å²) in [5.41, 5.74) is 0.932. The van der Waals surface area contributed by atoms with Gasteiger partial charge in [-0.05, 0) is 31.2 Å². The fraction of sp³-hybridized carbons (Fsp3) is 0.176. The molecule has 0 spiro atoms. The number of nitrogens with one attached hydrogen (secondary N) is 1. The number of methoxy groups -OCH3 is 1. The first-order valence-corrected chi connectivity index (χ1v) is 9.73. The van der Waals surface area contributed by atoms with E-state index >= 15 is 0 Å². The minimum absolute atomic E-state index is 0.00862. The van der Waals surface area contributed by atoms with E-state index in [1.807, 2.05) is 6.07 Å². The van der Waals surface area contributed by atoms with Gasteiger partial charge in [-0.15, -0.1) is 0 Å². The van der Waals surface area contributed by atoms with Crippen molar-refractivity contribution >= 4 is 26.6 Å². The van der Waals surface area contributed by atoms with Crippen molar-refractivity contribution in [1.82, 2.24) is 29.5 Å². The number of sulfonamides is 1. The predicted molar refractivity (Wildman–Crippen MR) is 102 cm³/mol. The van der Waals surface area contributed by atoms with Crippen LogP contribution in [0, 0.1) is 6.92 Å². The second-order valence-corrected chi connectivity index (χ2v) is 7.73. The van der Waals surface area contributed by atoms with Crippen molar-refractivity contribution in [3.05, 3.63) is 48.8 Å². The van der Waals surface area contributed by atoms with Gasteiger partial charge in [0.15, 0.2) is 5.82 Å². The number of anilines is 1. The fourth-order valence-electron chi connectivity index (χ4n) is 2.83. The van der Waals surface area contributed by atoms with Gasteiger partial charge < -0.3 is 4.74 Å². The molecule has 3 aromatic heterocycles. The van der Waals surface area contributed by atoms with Gasteiger partial charge in [0.1, 0.15) is 28.5 Å². The molecule has 0 bridgehead atoms. The van der Waals surface area contributed by atoms with Gasteiger partial charge in [0.05, 0.1) is 18.8 Å². The highest BCUT2D eigenvalue weighted by molar-refractivity contribution is 7.92. The lowest BCUT2D eigenvalue weighted by atomic mass is 10.2. The summed E-state index contributed by atoms with van der Waals surface area (Å²) in [5.74, 6) is 1.45. The molecule has 0 aliphatic carbocycles. The van der Waals surface area contributed by atoms with Gasteiger partial charge >= 0.3 is 0 Å². The quantitative estimate of drug-likeness (QED) is 0.542. The third-order valence-electron chi connectivity index (χ3n) is 4.19. The normalized spacial score (nSPS) is 11.7. The average molecular weight is 399 g/mol. The van der Waals surface area contributed by atoms with E-state index in [1.165, 1.54) is 30.4 Å². The Morgan fingerprint density at radius 2 is 1.93 bits per heavy atom. The van der Waals surface area contributed by atoms with Crippen LogP contribution in [0.5, 0.6) is 5.75 Å². The molecule has 3 heterocycles. The van der Waals surface area contributed by atoms with E-state index in [1.54, 1.807) is 37.0 Å². The third kappa shape index (κ3) is 3.05. The number of fused-ring (bicyclic) bond motifs is 1. The van der Waals surface area contributed by atoms with Gasteiger partial charge in [0, 0.05) is 18.6 Å². The Kier molecular flexibility index (Phi) is 4.23. The number of aryl methyl sites for hydroxylation is 2. The largest absolute Gasteiger partial charge is 0.494 e. The smallest absolute Gasteiger partial charge is 0.263 e. The maximum absolute atomic E-state index is 12.9. The zero-order chi connectivity index (χ0) is 19.9. The molecule has 4 aromatic rings. The van der Waals surface area contributed by atoms with Crippen LogP contribution in [0.15, 0.2) is 47.9 Å². The number of rotatable bonds is 5. The highest BCUT2D eigenvalue weighted by Gasteiger charge is 2.21. The Morgan fingerprint density at radius 1 is 1.11 bits per heavy atom. The molecule has 1 aromatic carbocycles. The first-order valence-electron chi connectivity index (χ1n) is 8.25. The summed E-state index contributed by atoms with van der Waals surface area (Å²) in [4.78, 5) is 8.21. The third-order valence-corrected chi connectivity index (χ3v) is 5.53. The predicted octanol–water partition coefficient (Wildman–Crippen LogP) is 1.67. The summed E-state index contributed by atoms with van der Waals surface area (Å²) < 4.78 is 36.8. The van der Waals surface area contributed by atoms with Crippen molar-refractivity contribution in [2.45, 2.75) is 11.8 Å². The van der Waals surface area contributed by atoms with Crippen molar-refractivity contribution in [1.29, 1.82) is 0 Å². The van der Waals surface area contributed by atoms with Crippen LogP contribution in [-0.2, 0) is 17.1 Å². The second-order valence-electron chi connectivity index (χ2n) is 6.04. The summed E-state index contributed by atoms with van der Waals surface area (Å²) in [6.07, 6.45) is 4.44. The minimum atomic E-state index is -3.90. The minimum Gasteiger partial charge on any atom is -0.494 e. The molecule has 0 fully saturated rings. The topological polar surface area (TPSA) is 117 Å². The van der Waals surface area contributed by atoms with Crippen molar-refractivity contribution in [2.75, 3.05) is 11.8 Å². The number of aromatic nitrogens is 6. The Morgan fingerprint density at radius 3 is 2.57 bits per heavy atom. The molecule has 0 aliphatic rings. The molecular weight excluding hydrogens is 382 g/mol. The molecule has 1 N–H and O–H groups in total. The van der Waals surface area contributed by atoms with Crippen LogP contribution < -0.4 is 9.46 Å². The molecule has 0 radical (unpaired) electrons. The zero-order valence-corrected chi connectivity index (χ0v) is 16.2. The highest BCUT2D eigenvalue weighted by Crippen LogP contribution is 2.34. The van der Waals surface area contributed by atoms with Gasteiger partial charge in [-0.1, -0.05) is 0 Å². The highest BCUT2D eigenvalue weighted by atomic mass is 32.2. The van der Waals surface area contributed by atoms with E-state index in [4.69, 9.17) is 4.74 Å². The van der Waals surface area contributed by atoms with Crippen LogP contribution in [0.3, 0.4) is 0 Å². The van der Waals surface area contributed by atoms with E-state index in [2.05, 4.69) is 24.9 Å². The Labute approximate surface area is 160 Å². The number of hydrogen-bond donors (Lipinski definition) is 1. The van der Waals surface area contributed by atoms with Crippen molar-refractivity contribution in [3.63, 3.8) is 0 Å². The first kappa shape index (κ1) is 17.9. The molecule has 0 amide bonds. The van der Waals surface area contributed by atoms with Crippen LogP contribution in [-0.4, -0.2) is 45.1 Å². The zero-order valence-electron chi connectivity index (χ0n) is 15.4. The Bertz CT molecular complexity index is 1260. The van der Waals surface area contributed by atoms with Gasteiger partial charge in [0.2, 0.25) is 0 Å². The molecule has 0 unspecified atom stereocenters. The standard InChI is InChI=1S/C17H17N7O3S/c1-11-19-10-24(21-11)15-7-5-13(9-18-15)28(25,26)22-16-14(27-3)6-4-12-8-20-23(2)17(12)16/h4-10,22H,1-3H3. The van der Waals surface area contributed by atoms with Crippen LogP contribution in [0.4, 0.5) is 5.69 Å². The van der Waals surface area contributed by atoms with E-state index in [9.17, 15) is 8.42 Å². The van der Waals surface area contributed by atoms with Crippen molar-refractivity contribution in [2.24, 2.45) is 7.05 Å². The monoisotopic (exact) mass is 399 g/mol. The summed E-state index contributed by atoms with van der Waals surface area (Å²) in [6, 6.07) is 6.52. The number of hydrogen-bond acceptors (Lipinski definition) is 7. The summed E-state index contributed by atoms with van der Waals surface area (Å²) >= 11 is 0. The number of ether oxygens (including phenoxy) is 1. The maximum Gasteiger partial charge on any atom is 0.263 e. The van der Waals surface area contributed by atoms with Gasteiger partial charge in [0.25, 0.3) is 10.0 Å². The van der Waals surface area contributed by atoms with Crippen molar-refractivity contribution < 1.29 is 13.2 Å². The summed E-state index contributed by atoms with van der Waals surface area (Å²) in [5, 5.41) is 9.12. The number of benzene rings is 1. The molecule has 0 aliphatic heterocycles. The van der Waals surface area contributed by atoms with Gasteiger partial charge in [-0.2, -0.15) is 10.2 Å². The molecule has 28 heavy (non-hydrogen) atoms. The van der Waals surface area contributed by atoms with E-state index < -0.39 is 10.0 Å². The van der Waals surface area contributed by atoms with E-state index in [0.717, 1.165) is 5.39 Å². The molecule has 0 saturated carbocycles. The van der Waals surface area contributed by atoms with E-state index in [0.29, 0.717) is 28.6 Å². The lowest BCUT2D eigenvalue weighted by Gasteiger charge is -2.14. The molecule has 4 rings (SSSR count). The summed E-state index contributed by atoms with van der Waals surface area (Å²) in [7, 11) is -0.695. The lowest BCUT2D eigenvalue weighted by molar-refractivity contribution is 0.417. The average Bonchev–Trinajstić information content (AvgIpc) is 3.28. The number of nitrogens with zero attached hydrogens (tertiary/aromatic N) is 6. The van der Waals surface area contributed by atoms with Crippen LogP contribution in [0.1, 0.15) is 5.82 Å². The molecule has 144 valence electrons. The van der Waals surface area contributed by atoms with Gasteiger partial charge in [-0.25, -0.2) is 23.1 Å². The summed E-state index contributed by atoms with van der Waals surface area (Å²) in [6.45, 7) is 1.76. The first-order chi connectivity index (χ1) is 13.4. The molecule has 11 heteroatoms. The molecule has 0 saturated heterocycles. The second kappa shape index (κ2) is 6.60. The maximum atomic E-state index is 12.9. The lowest BCUT2D eigenvalue weighted by Crippen LogP contribution is -2.15. The molecule has 10 nitrogen and oxygen atoms in total. The molecule has 0 atom stereocenters. The SMILES string of the molecule is COc1ccc2cnn(C)c2c1NS(=O)(=O)c1ccc(-n2cnc(C)n2)nc1. The van der Waals surface area contributed by atoms with Crippen LogP contribution >= 0.6 is 0 Å². The van der Waals surface area contributed by atoms with Crippen LogP contribution in [0.2, 0.25) is 0 Å². The van der Waals surface area contributed by atoms with Gasteiger partial charge in [-0.3, -0.25) is 9.40 Å². The van der Waals surface area contributed by atoms with Crippen molar-refractivity contribution in [3.8, 4) is 11.6 Å². The fourth-order valence-corrected chi connectivity index (χ4v) is 3.86. The Hall–Kier alpha value is -3.47. The van der Waals surface area contributed by atoms with E-state index in [-0.39, 0.29) is 4.90 Å². The number of pyridine rings is 1. The Balaban J connectivity index is 1.72. The molecular formula is C17H17N7O3S.